The van der Waals surface area contributed by atoms with Gasteiger partial charge in [0.25, 0.3) is 0 Å². The van der Waals surface area contributed by atoms with Crippen LogP contribution < -0.4 is 0 Å². The van der Waals surface area contributed by atoms with E-state index in [-0.39, 0.29) is 5.56 Å². The predicted molar refractivity (Wildman–Crippen MR) is 60.5 cm³/mol. The largest absolute Gasteiger partial charge is 0.478 e. The molecule has 0 amide bonds. The molecule has 0 atom stereocenters. The van der Waals surface area contributed by atoms with Gasteiger partial charge in [-0.05, 0) is 19.4 Å². The molecule has 0 aliphatic heterocycles. The molecular weight excluding hydrogens is 204 g/mol. The number of benzene rings is 1. The van der Waals surface area contributed by atoms with E-state index < -0.39 is 5.97 Å². The third kappa shape index (κ3) is 1.58. The SMILES string of the molecule is Cc1ccccc1-c1n[nH]c(C)c1C(=O)O. The van der Waals surface area contributed by atoms with E-state index in [4.69, 9.17) is 5.11 Å². The molecule has 4 nitrogen and oxygen atoms in total. The van der Waals surface area contributed by atoms with Gasteiger partial charge in [0, 0.05) is 11.3 Å². The highest BCUT2D eigenvalue weighted by Gasteiger charge is 2.19. The average molecular weight is 216 g/mol. The van der Waals surface area contributed by atoms with Crippen LogP contribution >= 0.6 is 0 Å². The first-order valence-corrected chi connectivity index (χ1v) is 4.95. The number of nitrogens with zero attached hydrogens (tertiary/aromatic N) is 1. The molecule has 0 unspecified atom stereocenters. The Kier molecular flexibility index (Phi) is 2.48. The second kappa shape index (κ2) is 3.81. The summed E-state index contributed by atoms with van der Waals surface area (Å²) in [6.45, 7) is 3.64. The van der Waals surface area contributed by atoms with E-state index in [0.717, 1.165) is 11.1 Å². The monoisotopic (exact) mass is 216 g/mol. The van der Waals surface area contributed by atoms with E-state index in [1.807, 2.05) is 31.2 Å². The van der Waals surface area contributed by atoms with Crippen molar-refractivity contribution in [1.29, 1.82) is 0 Å². The summed E-state index contributed by atoms with van der Waals surface area (Å²) in [5.74, 6) is -0.954. The number of aryl methyl sites for hydroxylation is 2. The molecule has 0 aliphatic carbocycles. The molecule has 1 aromatic heterocycles. The van der Waals surface area contributed by atoms with Gasteiger partial charge in [-0.1, -0.05) is 24.3 Å². The fourth-order valence-corrected chi connectivity index (χ4v) is 1.72. The quantitative estimate of drug-likeness (QED) is 0.810. The topological polar surface area (TPSA) is 66.0 Å². The van der Waals surface area contributed by atoms with Gasteiger partial charge in [0.2, 0.25) is 0 Å². The number of aromatic nitrogens is 2. The number of nitrogens with one attached hydrogen (secondary N) is 1. The molecular formula is C12H12N2O2. The van der Waals surface area contributed by atoms with Crippen molar-refractivity contribution in [3.63, 3.8) is 0 Å². The van der Waals surface area contributed by atoms with Crippen LogP contribution in [-0.4, -0.2) is 21.3 Å². The molecule has 4 heteroatoms. The first-order chi connectivity index (χ1) is 7.61. The maximum absolute atomic E-state index is 11.1. The zero-order valence-electron chi connectivity index (χ0n) is 9.11. The summed E-state index contributed by atoms with van der Waals surface area (Å²) in [4.78, 5) is 11.1. The molecule has 16 heavy (non-hydrogen) atoms. The number of aromatic carboxylic acids is 1. The first-order valence-electron chi connectivity index (χ1n) is 4.95. The van der Waals surface area contributed by atoms with Crippen LogP contribution in [0.5, 0.6) is 0 Å². The molecule has 0 fully saturated rings. The Balaban J connectivity index is 2.66. The van der Waals surface area contributed by atoms with E-state index in [1.54, 1.807) is 6.92 Å². The lowest BCUT2D eigenvalue weighted by Gasteiger charge is -2.03. The number of hydrogen-bond donors (Lipinski definition) is 2. The second-order valence-electron chi connectivity index (χ2n) is 3.69. The Hall–Kier alpha value is -2.10. The highest BCUT2D eigenvalue weighted by atomic mass is 16.4. The lowest BCUT2D eigenvalue weighted by molar-refractivity contribution is 0.0697. The van der Waals surface area contributed by atoms with Gasteiger partial charge in [-0.2, -0.15) is 5.10 Å². The molecule has 1 aromatic carbocycles. The average Bonchev–Trinajstić information content (AvgIpc) is 2.61. The third-order valence-electron chi connectivity index (χ3n) is 2.56. The molecule has 2 rings (SSSR count). The Bertz CT molecular complexity index is 544. The zero-order chi connectivity index (χ0) is 11.7. The summed E-state index contributed by atoms with van der Waals surface area (Å²) in [6, 6.07) is 7.60. The van der Waals surface area contributed by atoms with Gasteiger partial charge in [0.05, 0.1) is 0 Å². The normalized spacial score (nSPS) is 10.4. The molecule has 0 aliphatic rings. The van der Waals surface area contributed by atoms with Crippen molar-refractivity contribution in [2.24, 2.45) is 0 Å². The third-order valence-corrected chi connectivity index (χ3v) is 2.56. The molecule has 0 radical (unpaired) electrons. The Morgan fingerprint density at radius 2 is 2.00 bits per heavy atom. The molecule has 1 heterocycles. The summed E-state index contributed by atoms with van der Waals surface area (Å²) in [5, 5.41) is 15.9. The number of rotatable bonds is 2. The van der Waals surface area contributed by atoms with Gasteiger partial charge in [-0.15, -0.1) is 0 Å². The minimum absolute atomic E-state index is 0.245. The zero-order valence-corrected chi connectivity index (χ0v) is 9.11. The smallest absolute Gasteiger partial charge is 0.339 e. The Labute approximate surface area is 92.9 Å². The summed E-state index contributed by atoms with van der Waals surface area (Å²) in [6.07, 6.45) is 0. The van der Waals surface area contributed by atoms with Crippen molar-refractivity contribution in [3.05, 3.63) is 41.1 Å². The fourth-order valence-electron chi connectivity index (χ4n) is 1.72. The minimum atomic E-state index is -0.954. The summed E-state index contributed by atoms with van der Waals surface area (Å²) >= 11 is 0. The van der Waals surface area contributed by atoms with Crippen molar-refractivity contribution >= 4 is 5.97 Å². The summed E-state index contributed by atoms with van der Waals surface area (Å²) < 4.78 is 0. The van der Waals surface area contributed by atoms with Gasteiger partial charge >= 0.3 is 5.97 Å². The summed E-state index contributed by atoms with van der Waals surface area (Å²) in [7, 11) is 0. The van der Waals surface area contributed by atoms with Crippen LogP contribution in [0, 0.1) is 13.8 Å². The number of aromatic amines is 1. The number of carboxylic acids is 1. The van der Waals surface area contributed by atoms with E-state index >= 15 is 0 Å². The summed E-state index contributed by atoms with van der Waals surface area (Å²) in [5.41, 5.74) is 3.18. The van der Waals surface area contributed by atoms with Crippen LogP contribution in [-0.2, 0) is 0 Å². The van der Waals surface area contributed by atoms with E-state index in [0.29, 0.717) is 11.4 Å². The molecule has 0 saturated heterocycles. The predicted octanol–water partition coefficient (Wildman–Crippen LogP) is 2.39. The Morgan fingerprint density at radius 3 is 2.62 bits per heavy atom. The second-order valence-corrected chi connectivity index (χ2v) is 3.69. The van der Waals surface area contributed by atoms with Gasteiger partial charge in [0.1, 0.15) is 11.3 Å². The van der Waals surface area contributed by atoms with Gasteiger partial charge in [-0.25, -0.2) is 4.79 Å². The van der Waals surface area contributed by atoms with E-state index in [1.165, 1.54) is 0 Å². The van der Waals surface area contributed by atoms with Crippen molar-refractivity contribution < 1.29 is 9.90 Å². The maximum atomic E-state index is 11.1. The van der Waals surface area contributed by atoms with Gasteiger partial charge in [0.15, 0.2) is 0 Å². The lowest BCUT2D eigenvalue weighted by atomic mass is 10.0. The number of carboxylic acid groups (broad SMARTS) is 1. The van der Waals surface area contributed by atoms with Gasteiger partial charge in [-0.3, -0.25) is 5.10 Å². The van der Waals surface area contributed by atoms with Crippen LogP contribution in [0.3, 0.4) is 0 Å². The maximum Gasteiger partial charge on any atom is 0.339 e. The molecule has 0 bridgehead atoms. The van der Waals surface area contributed by atoms with Crippen LogP contribution in [0.15, 0.2) is 24.3 Å². The standard InChI is InChI=1S/C12H12N2O2/c1-7-5-3-4-6-9(7)11-10(12(15)16)8(2)13-14-11/h3-6H,1-2H3,(H,13,14)(H,15,16). The molecule has 2 N–H and O–H groups in total. The van der Waals surface area contributed by atoms with Crippen LogP contribution in [0.4, 0.5) is 0 Å². The number of H-pyrrole nitrogens is 1. The molecule has 0 spiro atoms. The molecule has 0 saturated carbocycles. The number of carbonyl (C=O) groups is 1. The van der Waals surface area contributed by atoms with Crippen LogP contribution in [0.1, 0.15) is 21.6 Å². The molecule has 82 valence electrons. The first kappa shape index (κ1) is 10.4. The van der Waals surface area contributed by atoms with Crippen molar-refractivity contribution in [2.45, 2.75) is 13.8 Å². The number of hydrogen-bond acceptors (Lipinski definition) is 2. The van der Waals surface area contributed by atoms with E-state index in [9.17, 15) is 4.79 Å². The van der Waals surface area contributed by atoms with Crippen LogP contribution in [0.2, 0.25) is 0 Å². The van der Waals surface area contributed by atoms with Crippen molar-refractivity contribution in [3.8, 4) is 11.3 Å². The minimum Gasteiger partial charge on any atom is -0.478 e. The lowest BCUT2D eigenvalue weighted by Crippen LogP contribution is -2.00. The highest BCUT2D eigenvalue weighted by Crippen LogP contribution is 2.26. The highest BCUT2D eigenvalue weighted by molar-refractivity contribution is 5.96. The fraction of sp³-hybridized carbons (Fsp3) is 0.167. The van der Waals surface area contributed by atoms with Crippen molar-refractivity contribution in [1.82, 2.24) is 10.2 Å². The van der Waals surface area contributed by atoms with Gasteiger partial charge < -0.3 is 5.11 Å². The molecule has 2 aromatic rings. The van der Waals surface area contributed by atoms with Crippen molar-refractivity contribution in [2.75, 3.05) is 0 Å². The Morgan fingerprint density at radius 1 is 1.31 bits per heavy atom. The van der Waals surface area contributed by atoms with E-state index in [2.05, 4.69) is 10.2 Å². The van der Waals surface area contributed by atoms with Crippen LogP contribution in [0.25, 0.3) is 11.3 Å².